The summed E-state index contributed by atoms with van der Waals surface area (Å²) >= 11 is -5.32. The van der Waals surface area contributed by atoms with Crippen LogP contribution in [0.2, 0.25) is 10.7 Å². The number of halogens is 2. The Hall–Kier alpha value is -1.96. The zero-order valence-corrected chi connectivity index (χ0v) is 30.7. The summed E-state index contributed by atoms with van der Waals surface area (Å²) in [5, 5.41) is 0. The van der Waals surface area contributed by atoms with Gasteiger partial charge in [-0.15, -0.1) is 0 Å². The minimum atomic E-state index is -5.32. The van der Waals surface area contributed by atoms with Gasteiger partial charge in [-0.3, -0.25) is 0 Å². The van der Waals surface area contributed by atoms with Gasteiger partial charge in [-0.1, -0.05) is 0 Å². The Kier molecular flexibility index (Phi) is 7.80. The van der Waals surface area contributed by atoms with E-state index >= 15 is 0 Å². The topological polar surface area (TPSA) is 0 Å². The monoisotopic (exact) mass is 686 g/mol. The molecule has 4 aromatic carbocycles. The van der Waals surface area contributed by atoms with E-state index in [0.717, 1.165) is 23.4 Å². The normalized spacial score (nSPS) is 19.7. The summed E-state index contributed by atoms with van der Waals surface area (Å²) in [6.45, 7) is 8.46. The van der Waals surface area contributed by atoms with Crippen molar-refractivity contribution in [3.63, 3.8) is 0 Å². The number of rotatable bonds is 9. The molecule has 0 heterocycles. The van der Waals surface area contributed by atoms with Crippen LogP contribution in [0.4, 0.5) is 0 Å². The third kappa shape index (κ3) is 4.39. The first-order chi connectivity index (χ1) is 20.2. The fourth-order valence-corrected chi connectivity index (χ4v) is 52.1. The molecule has 2 atom stereocenters. The second kappa shape index (κ2) is 10.9. The van der Waals surface area contributed by atoms with Gasteiger partial charge in [0, 0.05) is 0 Å². The standard InChI is InChI=1S/2C17H15.C3H7.CH5Si.2ClH.Zr/c2*1-2-13-11-15-9-6-10-16(17(15)12-13)14-7-4-3-5-8-14;1-3-2;1-2;;;/h2*3-12H,2H2,1H3;1,3H2,2H3;2H2,1H3;2*1H;/q;;;;;;+2/p-2. The molecule has 6 rings (SSSR count). The molecule has 0 fully saturated rings. The molecule has 0 radical (unpaired) electrons. The van der Waals surface area contributed by atoms with Crippen molar-refractivity contribution in [1.82, 2.24) is 0 Å². The molecular weight excluding hydrogens is 647 g/mol. The molecule has 0 nitrogen and oxygen atoms in total. The van der Waals surface area contributed by atoms with E-state index in [1.54, 1.807) is 0 Å². The van der Waals surface area contributed by atoms with Crippen LogP contribution in [0.3, 0.4) is 0 Å². The molecule has 2 aliphatic rings. The molecule has 0 spiro atoms. The van der Waals surface area contributed by atoms with Crippen LogP contribution in [0.5, 0.6) is 0 Å². The first-order valence-electron chi connectivity index (χ1n) is 15.8. The van der Waals surface area contributed by atoms with Crippen LogP contribution in [0.25, 0.3) is 34.4 Å². The molecule has 42 heavy (non-hydrogen) atoms. The molecule has 216 valence electrons. The van der Waals surface area contributed by atoms with Gasteiger partial charge in [0.2, 0.25) is 0 Å². The Morgan fingerprint density at radius 3 is 1.38 bits per heavy atom. The third-order valence-corrected chi connectivity index (χ3v) is 65.6. The first-order valence-corrected chi connectivity index (χ1v) is 34.1. The second-order valence-corrected chi connectivity index (χ2v) is 66.1. The Balaban J connectivity index is 1.65. The van der Waals surface area contributed by atoms with Crippen LogP contribution in [-0.4, -0.2) is 6.65 Å². The Morgan fingerprint density at radius 2 is 1.02 bits per heavy atom. The van der Waals surface area contributed by atoms with E-state index in [4.69, 9.17) is 17.0 Å². The maximum absolute atomic E-state index is 8.90. The minimum absolute atomic E-state index is 0.112. The summed E-state index contributed by atoms with van der Waals surface area (Å²) in [5.74, 6) is 0. The first kappa shape index (κ1) is 30.1. The van der Waals surface area contributed by atoms with Crippen LogP contribution in [0, 0.1) is 0 Å². The Morgan fingerprint density at radius 1 is 0.595 bits per heavy atom. The van der Waals surface area contributed by atoms with Crippen molar-refractivity contribution in [2.24, 2.45) is 0 Å². The Labute approximate surface area is 258 Å². The van der Waals surface area contributed by atoms with Gasteiger partial charge in [0.05, 0.1) is 0 Å². The SMILES string of the molecule is CC[CH2][Zr]([Cl])([Cl])([SiH2]C)([CH]1C(CC)=Cc2c(-c3ccccc3)cccc21)[CH]1C(CC)=Cc2c(-c3ccccc3)cccc21. The molecule has 2 unspecified atom stereocenters. The number of benzene rings is 4. The molecule has 4 aromatic rings. The molecule has 0 amide bonds. The summed E-state index contributed by atoms with van der Waals surface area (Å²) in [7, 11) is 17.8. The van der Waals surface area contributed by atoms with Crippen LogP contribution < -0.4 is 0 Å². The second-order valence-electron chi connectivity index (χ2n) is 12.7. The van der Waals surface area contributed by atoms with Gasteiger partial charge in [-0.25, -0.2) is 0 Å². The zero-order chi connectivity index (χ0) is 29.6. The van der Waals surface area contributed by atoms with Crippen molar-refractivity contribution in [1.29, 1.82) is 0 Å². The average molecular weight is 689 g/mol. The summed E-state index contributed by atoms with van der Waals surface area (Å²) < 4.78 is 1.17. The number of hydrogen-bond donors (Lipinski definition) is 0. The van der Waals surface area contributed by atoms with E-state index < -0.39 is 20.7 Å². The summed E-state index contributed by atoms with van der Waals surface area (Å²) in [4.78, 5) is 0. The quantitative estimate of drug-likeness (QED) is 0.154. The molecule has 4 heteroatoms. The van der Waals surface area contributed by atoms with Crippen molar-refractivity contribution in [2.45, 2.75) is 58.0 Å². The number of fused-ring (bicyclic) bond motifs is 2. The van der Waals surface area contributed by atoms with Crippen LogP contribution >= 0.6 is 17.0 Å². The van der Waals surface area contributed by atoms with Gasteiger partial charge in [0.25, 0.3) is 0 Å². The fourth-order valence-electron chi connectivity index (χ4n) is 8.85. The van der Waals surface area contributed by atoms with Crippen molar-refractivity contribution in [3.05, 3.63) is 130 Å². The molecule has 0 aliphatic heterocycles. The van der Waals surface area contributed by atoms with E-state index in [0.29, 0.717) is 0 Å². The Bertz CT molecular complexity index is 1600. The molecule has 0 aromatic heterocycles. The van der Waals surface area contributed by atoms with Gasteiger partial charge in [-0.2, -0.15) is 0 Å². The zero-order valence-electron chi connectivity index (χ0n) is 25.3. The molecular formula is C38H42Cl2SiZr. The van der Waals surface area contributed by atoms with Crippen molar-refractivity contribution >= 4 is 35.8 Å². The molecule has 0 N–H and O–H groups in total. The predicted octanol–water partition coefficient (Wildman–Crippen LogP) is 11.9. The predicted molar refractivity (Wildman–Crippen MR) is 187 cm³/mol. The van der Waals surface area contributed by atoms with E-state index in [-0.39, 0.29) is 7.25 Å². The van der Waals surface area contributed by atoms with E-state index in [1.165, 1.54) is 55.7 Å². The van der Waals surface area contributed by atoms with Crippen molar-refractivity contribution < 1.29 is 14.1 Å². The van der Waals surface area contributed by atoms with Gasteiger partial charge in [0.15, 0.2) is 0 Å². The summed E-state index contributed by atoms with van der Waals surface area (Å²) in [6, 6.07) is 35.4. The third-order valence-electron chi connectivity index (χ3n) is 10.7. The summed E-state index contributed by atoms with van der Waals surface area (Å²) in [5.41, 5.74) is 13.4. The summed E-state index contributed by atoms with van der Waals surface area (Å²) in [6.07, 6.45) is 7.89. The van der Waals surface area contributed by atoms with E-state index in [9.17, 15) is 0 Å². The molecule has 0 saturated heterocycles. The van der Waals surface area contributed by atoms with Gasteiger partial charge >= 0.3 is 261 Å². The van der Waals surface area contributed by atoms with Crippen LogP contribution in [0.15, 0.2) is 108 Å². The van der Waals surface area contributed by atoms with Gasteiger partial charge in [0.1, 0.15) is 0 Å². The van der Waals surface area contributed by atoms with Crippen molar-refractivity contribution in [2.75, 3.05) is 0 Å². The van der Waals surface area contributed by atoms with E-state index in [1.807, 2.05) is 0 Å². The average Bonchev–Trinajstić information content (AvgIpc) is 3.63. The van der Waals surface area contributed by atoms with Gasteiger partial charge < -0.3 is 0 Å². The van der Waals surface area contributed by atoms with E-state index in [2.05, 4.69) is 137 Å². The molecule has 0 bridgehead atoms. The number of hydrogen-bond acceptors (Lipinski definition) is 0. The maximum atomic E-state index is 8.90. The number of allylic oxidation sites excluding steroid dienone is 2. The fraction of sp³-hybridized carbons (Fsp3) is 0.263. The van der Waals surface area contributed by atoms with Gasteiger partial charge in [-0.05, 0) is 0 Å². The molecule has 2 aliphatic carbocycles. The van der Waals surface area contributed by atoms with Crippen molar-refractivity contribution in [3.8, 4) is 22.3 Å². The van der Waals surface area contributed by atoms with Crippen LogP contribution in [0.1, 0.15) is 69.5 Å². The van der Waals surface area contributed by atoms with Crippen LogP contribution in [-0.2, 0) is 14.1 Å². The molecule has 0 saturated carbocycles.